The van der Waals surface area contributed by atoms with Crippen LogP contribution in [0.15, 0.2) is 21.6 Å². The standard InChI is InChI=1S/C10H9BrClNO4/c11-7-1-5(12)2-8(10(7)17)13-4-6(14)3-9(15)16/h1-2,4,6,14,17H,3H2,(H,15,16). The number of aliphatic imine (C=N–C) groups is 1. The third-order valence-electron chi connectivity index (χ3n) is 1.78. The van der Waals surface area contributed by atoms with Crippen LogP contribution < -0.4 is 0 Å². The molecular weight excluding hydrogens is 313 g/mol. The molecule has 0 aliphatic rings. The lowest BCUT2D eigenvalue weighted by molar-refractivity contribution is -0.138. The molecule has 1 aromatic carbocycles. The van der Waals surface area contributed by atoms with Crippen LogP contribution in [0, 0.1) is 0 Å². The van der Waals surface area contributed by atoms with Crippen LogP contribution in [0.1, 0.15) is 6.42 Å². The Labute approximate surface area is 111 Å². The van der Waals surface area contributed by atoms with Crippen LogP contribution in [0.5, 0.6) is 5.75 Å². The summed E-state index contributed by atoms with van der Waals surface area (Å²) in [5.74, 6) is -1.27. The molecule has 0 amide bonds. The molecule has 0 aromatic heterocycles. The van der Waals surface area contributed by atoms with Crippen LogP contribution in [0.3, 0.4) is 0 Å². The Kier molecular flexibility index (Phi) is 4.92. The molecule has 0 spiro atoms. The van der Waals surface area contributed by atoms with E-state index in [9.17, 15) is 15.0 Å². The van der Waals surface area contributed by atoms with Gasteiger partial charge in [-0.25, -0.2) is 0 Å². The first-order valence-electron chi connectivity index (χ1n) is 4.52. The van der Waals surface area contributed by atoms with Crippen molar-refractivity contribution in [1.82, 2.24) is 0 Å². The smallest absolute Gasteiger partial charge is 0.306 e. The predicted octanol–water partition coefficient (Wildman–Crippen LogP) is 2.35. The van der Waals surface area contributed by atoms with Gasteiger partial charge in [0.15, 0.2) is 5.75 Å². The number of rotatable bonds is 4. The second-order valence-corrected chi connectivity index (χ2v) is 4.49. The highest BCUT2D eigenvalue weighted by molar-refractivity contribution is 9.10. The molecule has 0 saturated heterocycles. The maximum atomic E-state index is 10.3. The minimum atomic E-state index is -1.22. The highest BCUT2D eigenvalue weighted by atomic mass is 79.9. The molecule has 0 aliphatic heterocycles. The maximum absolute atomic E-state index is 10.3. The second-order valence-electron chi connectivity index (χ2n) is 3.20. The fourth-order valence-corrected chi connectivity index (χ4v) is 1.84. The Hall–Kier alpha value is -1.11. The van der Waals surface area contributed by atoms with E-state index in [2.05, 4.69) is 20.9 Å². The number of nitrogens with zero attached hydrogens (tertiary/aromatic N) is 1. The summed E-state index contributed by atoms with van der Waals surface area (Å²) in [5.41, 5.74) is 0.147. The fraction of sp³-hybridized carbons (Fsp3) is 0.200. The second kappa shape index (κ2) is 6.00. The number of hydrogen-bond donors (Lipinski definition) is 3. The van der Waals surface area contributed by atoms with Crippen LogP contribution in [-0.4, -0.2) is 33.6 Å². The lowest BCUT2D eigenvalue weighted by atomic mass is 10.2. The summed E-state index contributed by atoms with van der Waals surface area (Å²) >= 11 is 8.83. The molecule has 1 atom stereocenters. The van der Waals surface area contributed by atoms with Crippen molar-refractivity contribution in [2.45, 2.75) is 12.5 Å². The van der Waals surface area contributed by atoms with Gasteiger partial charge in [0.05, 0.1) is 17.0 Å². The number of carbonyl (C=O) groups is 1. The van der Waals surface area contributed by atoms with Crippen molar-refractivity contribution in [3.05, 3.63) is 21.6 Å². The van der Waals surface area contributed by atoms with Gasteiger partial charge in [-0.05, 0) is 28.1 Å². The van der Waals surface area contributed by atoms with E-state index < -0.39 is 18.5 Å². The molecule has 92 valence electrons. The number of phenols is 1. The first-order chi connectivity index (χ1) is 7.90. The lowest BCUT2D eigenvalue weighted by Gasteiger charge is -2.04. The van der Waals surface area contributed by atoms with E-state index in [4.69, 9.17) is 16.7 Å². The molecule has 1 aromatic rings. The highest BCUT2D eigenvalue weighted by Crippen LogP contribution is 2.36. The fourth-order valence-electron chi connectivity index (χ4n) is 1.05. The van der Waals surface area contributed by atoms with E-state index in [-0.39, 0.29) is 11.4 Å². The molecule has 0 heterocycles. The van der Waals surface area contributed by atoms with Crippen LogP contribution >= 0.6 is 27.5 Å². The van der Waals surface area contributed by atoms with Crippen molar-refractivity contribution in [2.24, 2.45) is 4.99 Å². The summed E-state index contributed by atoms with van der Waals surface area (Å²) in [6.07, 6.45) is -0.637. The summed E-state index contributed by atoms with van der Waals surface area (Å²) in [7, 11) is 0. The zero-order chi connectivity index (χ0) is 13.0. The Bertz CT molecular complexity index is 464. The molecule has 1 rings (SSSR count). The molecule has 7 heteroatoms. The van der Waals surface area contributed by atoms with Crippen molar-refractivity contribution in [1.29, 1.82) is 0 Å². The van der Waals surface area contributed by atoms with Gasteiger partial charge in [0.25, 0.3) is 0 Å². The van der Waals surface area contributed by atoms with E-state index >= 15 is 0 Å². The van der Waals surface area contributed by atoms with Gasteiger partial charge in [0.1, 0.15) is 5.69 Å². The van der Waals surface area contributed by atoms with Crippen molar-refractivity contribution in [2.75, 3.05) is 0 Å². The van der Waals surface area contributed by atoms with Crippen LogP contribution in [0.25, 0.3) is 0 Å². The largest absolute Gasteiger partial charge is 0.505 e. The van der Waals surface area contributed by atoms with Crippen molar-refractivity contribution < 1.29 is 20.1 Å². The Morgan fingerprint density at radius 2 is 2.24 bits per heavy atom. The number of aromatic hydroxyl groups is 1. The average Bonchev–Trinajstić information content (AvgIpc) is 2.20. The van der Waals surface area contributed by atoms with E-state index in [1.807, 2.05) is 0 Å². The number of carboxylic acids is 1. The minimum Gasteiger partial charge on any atom is -0.505 e. The van der Waals surface area contributed by atoms with E-state index in [0.29, 0.717) is 9.50 Å². The third kappa shape index (κ3) is 4.33. The number of halogens is 2. The first kappa shape index (κ1) is 14.0. The maximum Gasteiger partial charge on any atom is 0.306 e. The number of carboxylic acid groups (broad SMARTS) is 1. The molecule has 0 bridgehead atoms. The van der Waals surface area contributed by atoms with Gasteiger partial charge in [-0.15, -0.1) is 0 Å². The van der Waals surface area contributed by atoms with Gasteiger partial charge in [0, 0.05) is 11.2 Å². The van der Waals surface area contributed by atoms with Gasteiger partial charge in [0.2, 0.25) is 0 Å². The molecule has 17 heavy (non-hydrogen) atoms. The van der Waals surface area contributed by atoms with Crippen molar-refractivity contribution in [3.8, 4) is 5.75 Å². The summed E-state index contributed by atoms with van der Waals surface area (Å²) in [5, 5.41) is 27.6. The summed E-state index contributed by atoms with van der Waals surface area (Å²) in [6, 6.07) is 2.88. The quantitative estimate of drug-likeness (QED) is 0.742. The normalized spacial score (nSPS) is 12.9. The van der Waals surface area contributed by atoms with Crippen molar-refractivity contribution >= 4 is 45.4 Å². The average molecular weight is 323 g/mol. The van der Waals surface area contributed by atoms with Gasteiger partial charge in [-0.3, -0.25) is 9.79 Å². The van der Waals surface area contributed by atoms with Gasteiger partial charge in [-0.1, -0.05) is 11.6 Å². The molecule has 1 unspecified atom stereocenters. The van der Waals surface area contributed by atoms with Gasteiger partial charge < -0.3 is 15.3 Å². The number of benzene rings is 1. The predicted molar refractivity (Wildman–Crippen MR) is 67.2 cm³/mol. The molecular formula is C10H9BrClNO4. The van der Waals surface area contributed by atoms with E-state index in [1.165, 1.54) is 12.1 Å². The Morgan fingerprint density at radius 1 is 1.59 bits per heavy atom. The lowest BCUT2D eigenvalue weighted by Crippen LogP contribution is -2.13. The van der Waals surface area contributed by atoms with Gasteiger partial charge >= 0.3 is 5.97 Å². The zero-order valence-electron chi connectivity index (χ0n) is 8.47. The molecule has 0 saturated carbocycles. The highest BCUT2D eigenvalue weighted by Gasteiger charge is 2.09. The molecule has 5 nitrogen and oxygen atoms in total. The summed E-state index contributed by atoms with van der Waals surface area (Å²) in [6.45, 7) is 0. The summed E-state index contributed by atoms with van der Waals surface area (Å²) in [4.78, 5) is 14.1. The van der Waals surface area contributed by atoms with Crippen LogP contribution in [0.4, 0.5) is 5.69 Å². The monoisotopic (exact) mass is 321 g/mol. The third-order valence-corrected chi connectivity index (χ3v) is 2.60. The van der Waals surface area contributed by atoms with Crippen LogP contribution in [-0.2, 0) is 4.79 Å². The molecule has 3 N–H and O–H groups in total. The van der Waals surface area contributed by atoms with E-state index in [1.54, 1.807) is 0 Å². The number of phenolic OH excluding ortho intramolecular Hbond substituents is 1. The van der Waals surface area contributed by atoms with Crippen LogP contribution in [0.2, 0.25) is 5.02 Å². The van der Waals surface area contributed by atoms with E-state index in [0.717, 1.165) is 6.21 Å². The number of aliphatic hydroxyl groups is 1. The number of hydrogen-bond acceptors (Lipinski definition) is 4. The number of aliphatic carboxylic acids is 1. The molecule has 0 aliphatic carbocycles. The SMILES string of the molecule is O=C(O)CC(O)C=Nc1cc(Cl)cc(Br)c1O. The van der Waals surface area contributed by atoms with Gasteiger partial charge in [-0.2, -0.15) is 0 Å². The zero-order valence-corrected chi connectivity index (χ0v) is 10.8. The van der Waals surface area contributed by atoms with Crippen molar-refractivity contribution in [3.63, 3.8) is 0 Å². The minimum absolute atomic E-state index is 0.131. The topological polar surface area (TPSA) is 90.1 Å². The summed E-state index contributed by atoms with van der Waals surface area (Å²) < 4.78 is 0.366. The Morgan fingerprint density at radius 3 is 2.82 bits per heavy atom. The molecule has 0 radical (unpaired) electrons. The first-order valence-corrected chi connectivity index (χ1v) is 5.69. The molecule has 0 fully saturated rings. The Balaban J connectivity index is 2.88. The number of aliphatic hydroxyl groups excluding tert-OH is 1.